The van der Waals surface area contributed by atoms with E-state index in [-0.39, 0.29) is 5.60 Å². The molecule has 0 saturated heterocycles. The zero-order valence-corrected chi connectivity index (χ0v) is 33.2. The summed E-state index contributed by atoms with van der Waals surface area (Å²) in [7, 11) is -1.47. The van der Waals surface area contributed by atoms with Gasteiger partial charge in [-0.3, -0.25) is 0 Å². The topological polar surface area (TPSA) is 9.23 Å². The van der Waals surface area contributed by atoms with E-state index in [9.17, 15) is 0 Å². The van der Waals surface area contributed by atoms with Gasteiger partial charge in [0.15, 0.2) is 0 Å². The van der Waals surface area contributed by atoms with Crippen molar-refractivity contribution in [3.63, 3.8) is 0 Å². The summed E-state index contributed by atoms with van der Waals surface area (Å²) in [5, 5.41) is 0.309. The van der Waals surface area contributed by atoms with Crippen LogP contribution in [0.2, 0.25) is 0 Å². The number of benzene rings is 6. The van der Waals surface area contributed by atoms with Crippen molar-refractivity contribution in [2.24, 2.45) is 0 Å². The van der Waals surface area contributed by atoms with Crippen LogP contribution in [0.5, 0.6) is 0 Å². The van der Waals surface area contributed by atoms with Crippen LogP contribution in [0.4, 0.5) is 0 Å². The summed E-state index contributed by atoms with van der Waals surface area (Å²) in [6.07, 6.45) is 9.29. The fraction of sp³-hybridized carbons (Fsp3) is 0.294. The summed E-state index contributed by atoms with van der Waals surface area (Å²) < 4.78 is 6.10. The third kappa shape index (κ3) is 8.56. The van der Waals surface area contributed by atoms with Crippen LogP contribution in [0, 0.1) is 6.92 Å². The lowest BCUT2D eigenvalue weighted by atomic mass is 9.97. The van der Waals surface area contributed by atoms with Gasteiger partial charge in [0.2, 0.25) is 0 Å². The van der Waals surface area contributed by atoms with Crippen molar-refractivity contribution in [2.45, 2.75) is 82.0 Å². The zero-order chi connectivity index (χ0) is 36.8. The number of hydrogen-bond donors (Lipinski definition) is 0. The van der Waals surface area contributed by atoms with Gasteiger partial charge in [0, 0.05) is 11.9 Å². The van der Waals surface area contributed by atoms with Crippen LogP contribution in [-0.4, -0.2) is 24.2 Å². The van der Waals surface area contributed by atoms with E-state index in [4.69, 9.17) is 4.74 Å². The SMILES string of the molecule is Cc1ccccc1-c1ccc(Cc2ccccc2)cc1S(C)(CCCCCCOC(C)(C)C)C1c2ccccc2-c2ccc(Cc3ccccc3)cc21. The van der Waals surface area contributed by atoms with Crippen molar-refractivity contribution in [3.05, 3.63) is 185 Å². The Morgan fingerprint density at radius 2 is 1.06 bits per heavy atom. The molecule has 0 aromatic heterocycles. The fourth-order valence-electron chi connectivity index (χ4n) is 8.30. The molecular weight excluding hydrogens is 661 g/mol. The van der Waals surface area contributed by atoms with E-state index in [1.165, 1.54) is 86.2 Å². The Morgan fingerprint density at radius 1 is 0.509 bits per heavy atom. The minimum atomic E-state index is -1.47. The molecule has 2 unspecified atom stereocenters. The molecule has 6 aromatic rings. The number of unbranched alkanes of at least 4 members (excludes halogenated alkanes) is 3. The molecule has 1 aliphatic carbocycles. The predicted octanol–water partition coefficient (Wildman–Crippen LogP) is 13.8. The molecule has 0 amide bonds. The zero-order valence-electron chi connectivity index (χ0n) is 32.4. The minimum Gasteiger partial charge on any atom is -0.376 e. The smallest absolute Gasteiger partial charge is 0.0598 e. The summed E-state index contributed by atoms with van der Waals surface area (Å²) in [5.41, 5.74) is 15.4. The maximum absolute atomic E-state index is 6.10. The van der Waals surface area contributed by atoms with Crippen LogP contribution >= 0.6 is 10.0 Å². The van der Waals surface area contributed by atoms with Gasteiger partial charge in [-0.05, 0) is 138 Å². The van der Waals surface area contributed by atoms with E-state index in [0.717, 1.165) is 25.9 Å². The van der Waals surface area contributed by atoms with Crippen molar-refractivity contribution in [3.8, 4) is 22.3 Å². The van der Waals surface area contributed by atoms with Gasteiger partial charge in [0.05, 0.1) is 5.60 Å². The molecule has 1 aliphatic rings. The second-order valence-corrected chi connectivity index (χ2v) is 19.7. The van der Waals surface area contributed by atoms with E-state index in [1.54, 1.807) is 4.90 Å². The van der Waals surface area contributed by atoms with Crippen molar-refractivity contribution in [1.82, 2.24) is 0 Å². The molecule has 0 saturated carbocycles. The van der Waals surface area contributed by atoms with Crippen LogP contribution < -0.4 is 0 Å². The van der Waals surface area contributed by atoms with Gasteiger partial charge in [0.1, 0.15) is 0 Å². The van der Waals surface area contributed by atoms with Gasteiger partial charge < -0.3 is 4.74 Å². The van der Waals surface area contributed by atoms with Crippen LogP contribution in [0.1, 0.15) is 90.6 Å². The summed E-state index contributed by atoms with van der Waals surface area (Å²) >= 11 is 0. The van der Waals surface area contributed by atoms with Gasteiger partial charge in [0.25, 0.3) is 0 Å². The summed E-state index contributed by atoms with van der Waals surface area (Å²) in [5.74, 6) is 1.18. The third-order valence-corrected chi connectivity index (χ3v) is 15.0. The largest absolute Gasteiger partial charge is 0.376 e. The van der Waals surface area contributed by atoms with Crippen molar-refractivity contribution < 1.29 is 4.74 Å². The van der Waals surface area contributed by atoms with Crippen LogP contribution in [0.15, 0.2) is 150 Å². The van der Waals surface area contributed by atoms with Crippen LogP contribution in [0.3, 0.4) is 0 Å². The Labute approximate surface area is 320 Å². The number of ether oxygens (including phenoxy) is 1. The average Bonchev–Trinajstić information content (AvgIpc) is 3.49. The van der Waals surface area contributed by atoms with Crippen molar-refractivity contribution in [2.75, 3.05) is 18.6 Å². The van der Waals surface area contributed by atoms with Gasteiger partial charge in [-0.15, -0.1) is 0 Å². The highest BCUT2D eigenvalue weighted by molar-refractivity contribution is 8.33. The normalized spacial score (nSPS) is 15.4. The summed E-state index contributed by atoms with van der Waals surface area (Å²) in [6.45, 7) is 9.58. The summed E-state index contributed by atoms with van der Waals surface area (Å²) in [4.78, 5) is 1.55. The monoisotopic (exact) mass is 716 g/mol. The number of aryl methyl sites for hydroxylation is 1. The van der Waals surface area contributed by atoms with Gasteiger partial charge in [-0.25, -0.2) is 10.0 Å². The molecule has 7 rings (SSSR count). The van der Waals surface area contributed by atoms with E-state index in [1.807, 2.05) is 0 Å². The molecule has 0 N–H and O–H groups in total. The first-order valence-corrected chi connectivity index (χ1v) is 21.8. The van der Waals surface area contributed by atoms with E-state index in [0.29, 0.717) is 5.25 Å². The molecule has 0 bridgehead atoms. The molecule has 0 heterocycles. The van der Waals surface area contributed by atoms with Gasteiger partial charge >= 0.3 is 0 Å². The Bertz CT molecular complexity index is 2130. The molecule has 0 spiro atoms. The van der Waals surface area contributed by atoms with E-state index >= 15 is 0 Å². The average molecular weight is 717 g/mol. The number of hydrogen-bond acceptors (Lipinski definition) is 1. The maximum Gasteiger partial charge on any atom is 0.0598 e. The maximum atomic E-state index is 6.10. The van der Waals surface area contributed by atoms with Crippen molar-refractivity contribution in [1.29, 1.82) is 0 Å². The third-order valence-electron chi connectivity index (χ3n) is 10.9. The highest BCUT2D eigenvalue weighted by Crippen LogP contribution is 2.72. The fourth-order valence-corrected chi connectivity index (χ4v) is 12.4. The molecule has 272 valence electrons. The Kier molecular flexibility index (Phi) is 11.4. The molecular formula is C51H56OS. The second kappa shape index (κ2) is 16.3. The number of fused-ring (bicyclic) bond motifs is 3. The minimum absolute atomic E-state index is 0.0813. The Hall–Kier alpha value is -4.37. The lowest BCUT2D eigenvalue weighted by Gasteiger charge is -2.45. The second-order valence-electron chi connectivity index (χ2n) is 16.1. The van der Waals surface area contributed by atoms with Crippen LogP contribution in [0.25, 0.3) is 22.3 Å². The molecule has 6 aromatic carbocycles. The van der Waals surface area contributed by atoms with Gasteiger partial charge in [-0.1, -0.05) is 152 Å². The Balaban J connectivity index is 1.35. The lowest BCUT2D eigenvalue weighted by molar-refractivity contribution is -0.00471. The first kappa shape index (κ1) is 37.0. The number of rotatable bonds is 14. The van der Waals surface area contributed by atoms with Gasteiger partial charge in [-0.2, -0.15) is 0 Å². The highest BCUT2D eigenvalue weighted by atomic mass is 32.3. The quantitative estimate of drug-likeness (QED) is 0.102. The molecule has 0 aliphatic heterocycles. The molecule has 0 fully saturated rings. The molecule has 0 radical (unpaired) electrons. The molecule has 2 atom stereocenters. The highest BCUT2D eigenvalue weighted by Gasteiger charge is 2.41. The van der Waals surface area contributed by atoms with Crippen LogP contribution in [-0.2, 0) is 17.6 Å². The lowest BCUT2D eigenvalue weighted by Crippen LogP contribution is -2.19. The molecule has 2 heteroatoms. The predicted molar refractivity (Wildman–Crippen MR) is 230 cm³/mol. The summed E-state index contributed by atoms with van der Waals surface area (Å²) in [6, 6.07) is 55.1. The Morgan fingerprint density at radius 3 is 1.72 bits per heavy atom. The van der Waals surface area contributed by atoms with Crippen molar-refractivity contribution >= 4 is 10.0 Å². The standard InChI is InChI=1S/C51H56OS/c1-38-20-14-15-25-43(38)46-31-29-42(35-40-23-12-9-13-24-40)37-49(46)53(5,33-19-7-6-18-32-52-51(2,3)4)50-47-27-17-16-26-44(47)45-30-28-41(36-48(45)50)34-39-21-10-8-11-22-39/h8-17,20-31,36-37,50H,6-7,18-19,32-35H2,1-5H3. The first-order valence-electron chi connectivity index (χ1n) is 19.6. The van der Waals surface area contributed by atoms with E-state index < -0.39 is 10.0 Å². The molecule has 53 heavy (non-hydrogen) atoms. The molecule has 1 nitrogen and oxygen atoms in total. The first-order chi connectivity index (χ1) is 25.7. The van der Waals surface area contributed by atoms with E-state index in [2.05, 4.69) is 180 Å².